The molecule has 4 nitrogen and oxygen atoms in total. The lowest BCUT2D eigenvalue weighted by atomic mass is 10.1. The van der Waals surface area contributed by atoms with E-state index in [0.29, 0.717) is 28.2 Å². The third-order valence-electron chi connectivity index (χ3n) is 5.11. The minimum Gasteiger partial charge on any atom is -0.496 e. The van der Waals surface area contributed by atoms with Gasteiger partial charge in [0.05, 0.1) is 22.7 Å². The van der Waals surface area contributed by atoms with Crippen LogP contribution in [-0.2, 0) is 6.54 Å². The van der Waals surface area contributed by atoms with Crippen LogP contribution in [-0.4, -0.2) is 12.1 Å². The Bertz CT molecular complexity index is 1480. The highest BCUT2D eigenvalue weighted by Gasteiger charge is 2.15. The molecule has 0 atom stereocenters. The van der Waals surface area contributed by atoms with E-state index in [1.54, 1.807) is 24.5 Å². The molecule has 1 N–H and O–H groups in total. The normalized spacial score (nSPS) is 11.3. The Labute approximate surface area is 181 Å². The van der Waals surface area contributed by atoms with Crippen LogP contribution in [0, 0.1) is 0 Å². The number of aromatic nitrogens is 1. The van der Waals surface area contributed by atoms with Gasteiger partial charge in [0.2, 0.25) is 0 Å². The summed E-state index contributed by atoms with van der Waals surface area (Å²) in [5.41, 5.74) is 1.77. The zero-order valence-corrected chi connectivity index (χ0v) is 17.7. The van der Waals surface area contributed by atoms with Crippen molar-refractivity contribution in [1.29, 1.82) is 0 Å². The van der Waals surface area contributed by atoms with Crippen molar-refractivity contribution in [2.45, 2.75) is 6.54 Å². The van der Waals surface area contributed by atoms with Crippen LogP contribution in [0.25, 0.3) is 31.1 Å². The summed E-state index contributed by atoms with van der Waals surface area (Å²) in [6.45, 7) is 0.532. The molecule has 0 aliphatic heterocycles. The fourth-order valence-electron chi connectivity index (χ4n) is 3.68. The fourth-order valence-corrected chi connectivity index (χ4v) is 4.99. The molecular formula is C24H17ClN2O2S. The number of nitrogens with zero attached hydrogens (tertiary/aromatic N) is 1. The molecule has 0 saturated carbocycles. The molecule has 5 rings (SSSR count). The van der Waals surface area contributed by atoms with E-state index in [1.165, 1.54) is 0 Å². The average molecular weight is 433 g/mol. The minimum absolute atomic E-state index is 0.0276. The van der Waals surface area contributed by atoms with Gasteiger partial charge in [0.15, 0.2) is 5.43 Å². The molecule has 0 amide bonds. The van der Waals surface area contributed by atoms with Gasteiger partial charge >= 0.3 is 0 Å². The summed E-state index contributed by atoms with van der Waals surface area (Å²) in [6, 6.07) is 21.0. The SMILES string of the molecule is COc1ccccc1CNc1nc2ccccc2c2c(=O)c3cc(Cl)ccc3sc12. The van der Waals surface area contributed by atoms with Crippen LogP contribution >= 0.6 is 22.9 Å². The van der Waals surface area contributed by atoms with Gasteiger partial charge in [0.1, 0.15) is 11.6 Å². The Hall–Kier alpha value is -3.15. The number of ether oxygens (including phenoxy) is 1. The van der Waals surface area contributed by atoms with Crippen molar-refractivity contribution in [3.8, 4) is 5.75 Å². The highest BCUT2D eigenvalue weighted by atomic mass is 35.5. The van der Waals surface area contributed by atoms with Crippen molar-refractivity contribution in [2.24, 2.45) is 0 Å². The molecule has 0 bridgehead atoms. The van der Waals surface area contributed by atoms with Gasteiger partial charge in [-0.25, -0.2) is 4.98 Å². The molecule has 3 aromatic carbocycles. The zero-order chi connectivity index (χ0) is 20.7. The third-order valence-corrected chi connectivity index (χ3v) is 6.52. The molecule has 148 valence electrons. The zero-order valence-electron chi connectivity index (χ0n) is 16.1. The number of benzene rings is 3. The third kappa shape index (κ3) is 3.16. The highest BCUT2D eigenvalue weighted by molar-refractivity contribution is 7.25. The van der Waals surface area contributed by atoms with E-state index in [2.05, 4.69) is 5.32 Å². The summed E-state index contributed by atoms with van der Waals surface area (Å²) in [5.74, 6) is 1.50. The minimum atomic E-state index is -0.0276. The first-order valence-electron chi connectivity index (χ1n) is 9.46. The van der Waals surface area contributed by atoms with Gasteiger partial charge in [0, 0.05) is 32.6 Å². The van der Waals surface area contributed by atoms with Gasteiger partial charge in [0.25, 0.3) is 0 Å². The Morgan fingerprint density at radius 2 is 1.83 bits per heavy atom. The van der Waals surface area contributed by atoms with Crippen LogP contribution in [0.1, 0.15) is 5.56 Å². The summed E-state index contributed by atoms with van der Waals surface area (Å²) in [5, 5.41) is 6.13. The van der Waals surface area contributed by atoms with Crippen molar-refractivity contribution < 1.29 is 4.74 Å². The van der Waals surface area contributed by atoms with Crippen molar-refractivity contribution >= 4 is 59.8 Å². The number of rotatable bonds is 4. The lowest BCUT2D eigenvalue weighted by Crippen LogP contribution is -2.07. The van der Waals surface area contributed by atoms with Crippen molar-refractivity contribution in [3.05, 3.63) is 87.5 Å². The average Bonchev–Trinajstić information content (AvgIpc) is 2.78. The van der Waals surface area contributed by atoms with E-state index in [1.807, 2.05) is 60.7 Å². The molecule has 2 heterocycles. The number of halogens is 1. The fraction of sp³-hybridized carbons (Fsp3) is 0.0833. The second kappa shape index (κ2) is 7.59. The first kappa shape index (κ1) is 18.9. The molecule has 0 aliphatic carbocycles. The van der Waals surface area contributed by atoms with Crippen LogP contribution in [0.3, 0.4) is 0 Å². The van der Waals surface area contributed by atoms with Gasteiger partial charge < -0.3 is 10.1 Å². The van der Waals surface area contributed by atoms with E-state index in [4.69, 9.17) is 21.3 Å². The van der Waals surface area contributed by atoms with Crippen molar-refractivity contribution in [2.75, 3.05) is 12.4 Å². The van der Waals surface area contributed by atoms with Crippen LogP contribution < -0.4 is 15.5 Å². The molecule has 0 fully saturated rings. The Kier molecular flexibility index (Phi) is 4.77. The largest absolute Gasteiger partial charge is 0.496 e. The predicted molar refractivity (Wildman–Crippen MR) is 126 cm³/mol. The van der Waals surface area contributed by atoms with Gasteiger partial charge in [-0.3, -0.25) is 4.79 Å². The van der Waals surface area contributed by atoms with Gasteiger partial charge in [-0.1, -0.05) is 48.0 Å². The van der Waals surface area contributed by atoms with Crippen molar-refractivity contribution in [1.82, 2.24) is 4.98 Å². The molecule has 0 aliphatic rings. The second-order valence-corrected chi connectivity index (χ2v) is 8.41. The van der Waals surface area contributed by atoms with E-state index < -0.39 is 0 Å². The van der Waals surface area contributed by atoms with Crippen LogP contribution in [0.2, 0.25) is 5.02 Å². The summed E-state index contributed by atoms with van der Waals surface area (Å²) in [4.78, 5) is 18.3. The van der Waals surface area contributed by atoms with Gasteiger partial charge in [-0.05, 0) is 30.3 Å². The predicted octanol–water partition coefficient (Wildman–Crippen LogP) is 6.24. The number of nitrogens with one attached hydrogen (secondary N) is 1. The van der Waals surface area contributed by atoms with Gasteiger partial charge in [-0.15, -0.1) is 11.3 Å². The van der Waals surface area contributed by atoms with E-state index in [0.717, 1.165) is 31.6 Å². The lowest BCUT2D eigenvalue weighted by Gasteiger charge is -2.13. The first-order chi connectivity index (χ1) is 14.7. The molecule has 0 radical (unpaired) electrons. The summed E-state index contributed by atoms with van der Waals surface area (Å²) >= 11 is 7.71. The van der Waals surface area contributed by atoms with Crippen molar-refractivity contribution in [3.63, 3.8) is 0 Å². The standard InChI is InChI=1S/C24H17ClN2O2S/c1-29-19-9-5-2-6-14(19)13-26-24-23-21(16-7-3-4-8-18(16)27-24)22(28)17-12-15(25)10-11-20(17)30-23/h2-12H,13H2,1H3,(H,26,27). The molecule has 0 saturated heterocycles. The monoisotopic (exact) mass is 432 g/mol. The Morgan fingerprint density at radius 3 is 2.70 bits per heavy atom. The summed E-state index contributed by atoms with van der Waals surface area (Å²) in [6.07, 6.45) is 0. The second-order valence-electron chi connectivity index (χ2n) is 6.92. The highest BCUT2D eigenvalue weighted by Crippen LogP contribution is 2.35. The maximum Gasteiger partial charge on any atom is 0.196 e. The first-order valence-corrected chi connectivity index (χ1v) is 10.7. The number of fused-ring (bicyclic) bond motifs is 4. The van der Waals surface area contributed by atoms with E-state index >= 15 is 0 Å². The maximum atomic E-state index is 13.5. The number of para-hydroxylation sites is 2. The van der Waals surface area contributed by atoms with Crippen LogP contribution in [0.15, 0.2) is 71.5 Å². The lowest BCUT2D eigenvalue weighted by molar-refractivity contribution is 0.410. The van der Waals surface area contributed by atoms with E-state index in [9.17, 15) is 4.79 Å². The quantitative estimate of drug-likeness (QED) is 0.270. The maximum absolute atomic E-state index is 13.5. The van der Waals surface area contributed by atoms with Gasteiger partial charge in [-0.2, -0.15) is 0 Å². The molecule has 2 aromatic heterocycles. The number of methoxy groups -OCH3 is 1. The number of hydrogen-bond donors (Lipinski definition) is 1. The van der Waals surface area contributed by atoms with Crippen LogP contribution in [0.5, 0.6) is 5.75 Å². The summed E-state index contributed by atoms with van der Waals surface area (Å²) in [7, 11) is 1.66. The smallest absolute Gasteiger partial charge is 0.196 e. The van der Waals surface area contributed by atoms with E-state index in [-0.39, 0.29) is 5.43 Å². The number of pyridine rings is 1. The Balaban J connectivity index is 1.75. The number of hydrogen-bond acceptors (Lipinski definition) is 5. The topological polar surface area (TPSA) is 51.2 Å². The number of anilines is 1. The molecule has 0 unspecified atom stereocenters. The summed E-state index contributed by atoms with van der Waals surface area (Å²) < 4.78 is 7.18. The Morgan fingerprint density at radius 1 is 1.03 bits per heavy atom. The molecule has 6 heteroatoms. The molecule has 30 heavy (non-hydrogen) atoms. The van der Waals surface area contributed by atoms with Crippen LogP contribution in [0.4, 0.5) is 5.82 Å². The molecule has 0 spiro atoms. The molecular weight excluding hydrogens is 416 g/mol. The molecule has 5 aromatic rings.